The smallest absolute Gasteiger partial charge is 0.210 e. The highest BCUT2D eigenvalue weighted by Crippen LogP contribution is 2.11. The second-order valence-corrected chi connectivity index (χ2v) is 3.17. The lowest BCUT2D eigenvalue weighted by Crippen LogP contribution is -2.02. The van der Waals surface area contributed by atoms with Gasteiger partial charge in [-0.05, 0) is 17.7 Å². The number of halogens is 1. The van der Waals surface area contributed by atoms with Gasteiger partial charge in [0.25, 0.3) is 0 Å². The molecular weight excluding hydrogens is 195 g/mol. The molecule has 0 saturated heterocycles. The number of ether oxygens (including phenoxy) is 1. The molecule has 0 atom stereocenters. The monoisotopic (exact) mass is 206 g/mol. The van der Waals surface area contributed by atoms with Gasteiger partial charge < -0.3 is 10.5 Å². The molecule has 0 aliphatic carbocycles. The van der Waals surface area contributed by atoms with Gasteiger partial charge in [0.1, 0.15) is 12.4 Å². The Labute approximate surface area is 87.1 Å². The van der Waals surface area contributed by atoms with E-state index in [-0.39, 0.29) is 5.82 Å². The van der Waals surface area contributed by atoms with E-state index in [2.05, 4.69) is 4.99 Å². The van der Waals surface area contributed by atoms with E-state index in [1.54, 1.807) is 18.2 Å². The number of nitrogens with two attached hydrogens (primary N) is 1. The Morgan fingerprint density at radius 1 is 1.40 bits per heavy atom. The summed E-state index contributed by atoms with van der Waals surface area (Å²) in [6, 6.07) is 5.98. The first kappa shape index (κ1) is 9.71. The van der Waals surface area contributed by atoms with E-state index >= 15 is 0 Å². The molecule has 4 heteroatoms. The highest BCUT2D eigenvalue weighted by atomic mass is 19.1. The largest absolute Gasteiger partial charge is 0.476 e. The maximum Gasteiger partial charge on any atom is 0.210 e. The van der Waals surface area contributed by atoms with E-state index in [9.17, 15) is 4.39 Å². The first-order valence-electron chi connectivity index (χ1n) is 4.66. The third-order valence-electron chi connectivity index (χ3n) is 2.07. The van der Waals surface area contributed by atoms with Crippen LogP contribution in [0.15, 0.2) is 35.3 Å². The first-order valence-corrected chi connectivity index (χ1v) is 4.66. The van der Waals surface area contributed by atoms with Crippen LogP contribution >= 0.6 is 0 Å². The summed E-state index contributed by atoms with van der Waals surface area (Å²) >= 11 is 0. The van der Waals surface area contributed by atoms with Crippen molar-refractivity contribution in [2.45, 2.75) is 0 Å². The van der Waals surface area contributed by atoms with Gasteiger partial charge in [0.05, 0.1) is 6.54 Å². The van der Waals surface area contributed by atoms with Crippen molar-refractivity contribution in [1.29, 1.82) is 0 Å². The lowest BCUT2D eigenvalue weighted by Gasteiger charge is -2.01. The molecule has 1 aliphatic heterocycles. The third kappa shape index (κ3) is 2.34. The zero-order valence-electron chi connectivity index (χ0n) is 8.11. The summed E-state index contributed by atoms with van der Waals surface area (Å²) in [4.78, 5) is 4.08. The van der Waals surface area contributed by atoms with Crippen molar-refractivity contribution in [3.63, 3.8) is 0 Å². The van der Waals surface area contributed by atoms with Crippen LogP contribution in [0.5, 0.6) is 0 Å². The van der Waals surface area contributed by atoms with Crippen LogP contribution in [0, 0.1) is 5.82 Å². The summed E-state index contributed by atoms with van der Waals surface area (Å²) in [5.41, 5.74) is 7.09. The van der Waals surface area contributed by atoms with Gasteiger partial charge in [-0.15, -0.1) is 0 Å². The minimum atomic E-state index is -0.277. The molecule has 1 aromatic rings. The zero-order valence-corrected chi connectivity index (χ0v) is 8.11. The molecule has 0 saturated carbocycles. The minimum absolute atomic E-state index is 0.277. The molecule has 2 rings (SSSR count). The minimum Gasteiger partial charge on any atom is -0.476 e. The molecule has 0 bridgehead atoms. The SMILES string of the molecule is N/C(=C\C1=NCCO1)c1ccc(F)cc1. The second kappa shape index (κ2) is 4.13. The molecule has 0 amide bonds. The van der Waals surface area contributed by atoms with Crippen LogP contribution in [0.2, 0.25) is 0 Å². The summed E-state index contributed by atoms with van der Waals surface area (Å²) in [6.07, 6.45) is 1.65. The number of rotatable bonds is 2. The Bertz CT molecular complexity index is 409. The van der Waals surface area contributed by atoms with E-state index in [1.165, 1.54) is 12.1 Å². The molecule has 0 aromatic heterocycles. The van der Waals surface area contributed by atoms with Gasteiger partial charge >= 0.3 is 0 Å². The molecule has 1 heterocycles. The fourth-order valence-corrected chi connectivity index (χ4v) is 1.30. The molecular formula is C11H11FN2O. The van der Waals surface area contributed by atoms with Crippen molar-refractivity contribution >= 4 is 11.6 Å². The Hall–Kier alpha value is -1.84. The molecule has 15 heavy (non-hydrogen) atoms. The van der Waals surface area contributed by atoms with Crippen molar-refractivity contribution in [2.24, 2.45) is 10.7 Å². The van der Waals surface area contributed by atoms with E-state index in [4.69, 9.17) is 10.5 Å². The van der Waals surface area contributed by atoms with E-state index in [0.29, 0.717) is 24.7 Å². The maximum atomic E-state index is 12.6. The number of nitrogens with zero attached hydrogens (tertiary/aromatic N) is 1. The standard InChI is InChI=1S/C11H11FN2O/c12-9-3-1-8(2-4-9)10(13)7-11-14-5-6-15-11/h1-4,7H,5-6,13H2/b10-7-. The fraction of sp³-hybridized carbons (Fsp3) is 0.182. The van der Waals surface area contributed by atoms with E-state index in [0.717, 1.165) is 5.56 Å². The topological polar surface area (TPSA) is 47.6 Å². The van der Waals surface area contributed by atoms with Gasteiger partial charge in [-0.1, -0.05) is 12.1 Å². The molecule has 0 radical (unpaired) electrons. The van der Waals surface area contributed by atoms with Crippen LogP contribution in [0.25, 0.3) is 5.70 Å². The number of hydrogen-bond acceptors (Lipinski definition) is 3. The fourth-order valence-electron chi connectivity index (χ4n) is 1.30. The third-order valence-corrected chi connectivity index (χ3v) is 2.07. The second-order valence-electron chi connectivity index (χ2n) is 3.17. The average Bonchev–Trinajstić information content (AvgIpc) is 2.71. The van der Waals surface area contributed by atoms with Crippen LogP contribution in [0.3, 0.4) is 0 Å². The molecule has 2 N–H and O–H groups in total. The molecule has 1 aromatic carbocycles. The van der Waals surface area contributed by atoms with Crippen LogP contribution in [-0.2, 0) is 4.74 Å². The highest BCUT2D eigenvalue weighted by molar-refractivity contribution is 5.95. The molecule has 3 nitrogen and oxygen atoms in total. The molecule has 0 unspecified atom stereocenters. The quantitative estimate of drug-likeness (QED) is 0.798. The number of benzene rings is 1. The van der Waals surface area contributed by atoms with Crippen LogP contribution in [0.1, 0.15) is 5.56 Å². The molecule has 0 spiro atoms. The van der Waals surface area contributed by atoms with Crippen LogP contribution in [-0.4, -0.2) is 19.0 Å². The van der Waals surface area contributed by atoms with Gasteiger partial charge in [-0.3, -0.25) is 0 Å². The van der Waals surface area contributed by atoms with Crippen LogP contribution < -0.4 is 5.73 Å². The van der Waals surface area contributed by atoms with Crippen molar-refractivity contribution in [3.05, 3.63) is 41.7 Å². The Kier molecular flexibility index (Phi) is 2.67. The molecule has 0 fully saturated rings. The lowest BCUT2D eigenvalue weighted by atomic mass is 10.1. The number of aliphatic imine (C=N–C) groups is 1. The summed E-state index contributed by atoms with van der Waals surface area (Å²) in [5, 5.41) is 0. The summed E-state index contributed by atoms with van der Waals surface area (Å²) in [6.45, 7) is 1.27. The summed E-state index contributed by atoms with van der Waals surface area (Å²) in [7, 11) is 0. The predicted octanol–water partition coefficient (Wildman–Crippen LogP) is 1.55. The van der Waals surface area contributed by atoms with Gasteiger partial charge in [0.2, 0.25) is 5.90 Å². The maximum absolute atomic E-state index is 12.6. The van der Waals surface area contributed by atoms with Crippen LogP contribution in [0.4, 0.5) is 4.39 Å². The van der Waals surface area contributed by atoms with E-state index < -0.39 is 0 Å². The van der Waals surface area contributed by atoms with E-state index in [1.807, 2.05) is 0 Å². The Balaban J connectivity index is 2.19. The predicted molar refractivity (Wildman–Crippen MR) is 56.8 cm³/mol. The number of hydrogen-bond donors (Lipinski definition) is 1. The normalized spacial score (nSPS) is 16.1. The zero-order chi connectivity index (χ0) is 10.7. The van der Waals surface area contributed by atoms with Gasteiger partial charge in [-0.2, -0.15) is 0 Å². The van der Waals surface area contributed by atoms with Crippen molar-refractivity contribution in [1.82, 2.24) is 0 Å². The highest BCUT2D eigenvalue weighted by Gasteiger charge is 2.05. The first-order chi connectivity index (χ1) is 7.25. The van der Waals surface area contributed by atoms with Gasteiger partial charge in [-0.25, -0.2) is 9.38 Å². The summed E-state index contributed by atoms with van der Waals surface area (Å²) in [5.74, 6) is 0.262. The lowest BCUT2D eigenvalue weighted by molar-refractivity contribution is 0.350. The molecule has 78 valence electrons. The molecule has 1 aliphatic rings. The van der Waals surface area contributed by atoms with Crippen molar-refractivity contribution < 1.29 is 9.13 Å². The average molecular weight is 206 g/mol. The van der Waals surface area contributed by atoms with Gasteiger partial charge in [0.15, 0.2) is 0 Å². The summed E-state index contributed by atoms with van der Waals surface area (Å²) < 4.78 is 17.8. The van der Waals surface area contributed by atoms with Gasteiger partial charge in [0, 0.05) is 11.8 Å². The Morgan fingerprint density at radius 3 is 2.73 bits per heavy atom. The van der Waals surface area contributed by atoms with Crippen molar-refractivity contribution in [2.75, 3.05) is 13.2 Å². The Morgan fingerprint density at radius 2 is 2.13 bits per heavy atom. The van der Waals surface area contributed by atoms with Crippen molar-refractivity contribution in [3.8, 4) is 0 Å².